The summed E-state index contributed by atoms with van der Waals surface area (Å²) < 4.78 is 13.2. The number of nitrogens with two attached hydrogens (primary N) is 1. The Morgan fingerprint density at radius 3 is 2.83 bits per heavy atom. The Labute approximate surface area is 104 Å². The van der Waals surface area contributed by atoms with Crippen molar-refractivity contribution >= 4 is 17.2 Å². The van der Waals surface area contributed by atoms with Crippen LogP contribution in [0.2, 0.25) is 0 Å². The summed E-state index contributed by atoms with van der Waals surface area (Å²) in [5, 5.41) is 11.7. The van der Waals surface area contributed by atoms with Crippen LogP contribution in [-0.2, 0) is 0 Å². The number of nitrogen functional groups attached to an aromatic ring is 1. The highest BCUT2D eigenvalue weighted by Gasteiger charge is 2.05. The van der Waals surface area contributed by atoms with Crippen LogP contribution in [0, 0.1) is 24.1 Å². The minimum atomic E-state index is -0.548. The van der Waals surface area contributed by atoms with Gasteiger partial charge < -0.3 is 11.1 Å². The van der Waals surface area contributed by atoms with E-state index in [-0.39, 0.29) is 5.56 Å². The zero-order chi connectivity index (χ0) is 13.1. The monoisotopic (exact) mass is 242 g/mol. The maximum absolute atomic E-state index is 13.2. The molecule has 0 aliphatic rings. The third-order valence-electron chi connectivity index (χ3n) is 2.42. The van der Waals surface area contributed by atoms with Gasteiger partial charge in [-0.2, -0.15) is 5.26 Å². The lowest BCUT2D eigenvalue weighted by atomic mass is 10.2. The van der Waals surface area contributed by atoms with Crippen LogP contribution in [0.1, 0.15) is 11.3 Å². The second-order valence-corrected chi connectivity index (χ2v) is 3.82. The first-order valence-corrected chi connectivity index (χ1v) is 5.30. The van der Waals surface area contributed by atoms with Crippen LogP contribution in [0.4, 0.5) is 21.6 Å². The summed E-state index contributed by atoms with van der Waals surface area (Å²) in [5.41, 5.74) is 7.62. The smallest absolute Gasteiger partial charge is 0.153 e. The van der Waals surface area contributed by atoms with Gasteiger partial charge in [0.1, 0.15) is 11.9 Å². The molecule has 4 nitrogen and oxygen atoms in total. The molecule has 0 amide bonds. The third-order valence-corrected chi connectivity index (χ3v) is 2.42. The van der Waals surface area contributed by atoms with Crippen molar-refractivity contribution < 1.29 is 4.39 Å². The number of rotatable bonds is 2. The molecule has 0 aliphatic heterocycles. The fourth-order valence-corrected chi connectivity index (χ4v) is 1.49. The summed E-state index contributed by atoms with van der Waals surface area (Å²) >= 11 is 0. The molecule has 0 atom stereocenters. The number of anilines is 3. The molecule has 0 spiro atoms. The van der Waals surface area contributed by atoms with Gasteiger partial charge >= 0.3 is 0 Å². The van der Waals surface area contributed by atoms with Gasteiger partial charge in [0.05, 0.1) is 11.3 Å². The van der Waals surface area contributed by atoms with Crippen molar-refractivity contribution in [2.45, 2.75) is 6.92 Å². The van der Waals surface area contributed by atoms with Gasteiger partial charge in [0, 0.05) is 11.4 Å². The molecule has 2 aromatic rings. The molecular formula is C13H11FN4. The SMILES string of the molecule is Cc1ccc(N)c(Nc2ccc(F)c(C#N)c2)n1. The van der Waals surface area contributed by atoms with E-state index in [0.29, 0.717) is 17.2 Å². The average Bonchev–Trinajstić information content (AvgIpc) is 2.36. The Hall–Kier alpha value is -2.61. The van der Waals surface area contributed by atoms with E-state index in [9.17, 15) is 4.39 Å². The molecular weight excluding hydrogens is 231 g/mol. The number of nitrogens with zero attached hydrogens (tertiary/aromatic N) is 2. The number of aromatic nitrogens is 1. The molecule has 18 heavy (non-hydrogen) atoms. The number of benzene rings is 1. The average molecular weight is 242 g/mol. The Kier molecular flexibility index (Phi) is 3.11. The minimum absolute atomic E-state index is 0.0220. The van der Waals surface area contributed by atoms with E-state index in [4.69, 9.17) is 11.0 Å². The Bertz CT molecular complexity index is 631. The van der Waals surface area contributed by atoms with Gasteiger partial charge in [-0.3, -0.25) is 0 Å². The van der Waals surface area contributed by atoms with Gasteiger partial charge in [0.2, 0.25) is 0 Å². The molecule has 1 aromatic carbocycles. The summed E-state index contributed by atoms with van der Waals surface area (Å²) in [6.45, 7) is 1.84. The van der Waals surface area contributed by atoms with E-state index in [1.54, 1.807) is 18.2 Å². The molecule has 0 bridgehead atoms. The molecule has 0 aliphatic carbocycles. The summed E-state index contributed by atoms with van der Waals surface area (Å²) in [7, 11) is 0. The standard InChI is InChI=1S/C13H11FN4/c1-8-2-5-12(16)13(17-8)18-10-3-4-11(14)9(6-10)7-15/h2-6H,16H2,1H3,(H,17,18). The molecule has 0 radical (unpaired) electrons. The van der Waals surface area contributed by atoms with Gasteiger partial charge in [-0.25, -0.2) is 9.37 Å². The topological polar surface area (TPSA) is 74.7 Å². The van der Waals surface area contributed by atoms with Gasteiger partial charge in [0.25, 0.3) is 0 Å². The van der Waals surface area contributed by atoms with Crippen molar-refractivity contribution in [3.8, 4) is 6.07 Å². The van der Waals surface area contributed by atoms with E-state index in [1.807, 2.05) is 6.92 Å². The second-order valence-electron chi connectivity index (χ2n) is 3.82. The summed E-state index contributed by atoms with van der Waals surface area (Å²) in [6, 6.07) is 9.49. The molecule has 2 rings (SSSR count). The third kappa shape index (κ3) is 2.38. The van der Waals surface area contributed by atoms with Crippen LogP contribution in [0.15, 0.2) is 30.3 Å². The zero-order valence-corrected chi connectivity index (χ0v) is 9.74. The Balaban J connectivity index is 2.34. The van der Waals surface area contributed by atoms with Crippen molar-refractivity contribution in [3.05, 3.63) is 47.4 Å². The molecule has 5 heteroatoms. The van der Waals surface area contributed by atoms with Crippen molar-refractivity contribution in [2.75, 3.05) is 11.1 Å². The maximum Gasteiger partial charge on any atom is 0.153 e. The van der Waals surface area contributed by atoms with Crippen molar-refractivity contribution in [2.24, 2.45) is 0 Å². The van der Waals surface area contributed by atoms with Crippen LogP contribution in [0.5, 0.6) is 0 Å². The Morgan fingerprint density at radius 1 is 1.33 bits per heavy atom. The Morgan fingerprint density at radius 2 is 2.11 bits per heavy atom. The lowest BCUT2D eigenvalue weighted by molar-refractivity contribution is 0.624. The fraction of sp³-hybridized carbons (Fsp3) is 0.0769. The van der Waals surface area contributed by atoms with E-state index >= 15 is 0 Å². The van der Waals surface area contributed by atoms with Crippen molar-refractivity contribution in [1.82, 2.24) is 4.98 Å². The molecule has 1 heterocycles. The fourth-order valence-electron chi connectivity index (χ4n) is 1.49. The molecule has 0 saturated carbocycles. The number of nitriles is 1. The van der Waals surface area contributed by atoms with Gasteiger partial charge in [-0.05, 0) is 37.3 Å². The first kappa shape index (κ1) is 11.9. The summed E-state index contributed by atoms with van der Waals surface area (Å²) in [6.07, 6.45) is 0. The number of aryl methyl sites for hydroxylation is 1. The highest BCUT2D eigenvalue weighted by molar-refractivity contribution is 5.69. The molecule has 0 unspecified atom stereocenters. The molecule has 0 fully saturated rings. The van der Waals surface area contributed by atoms with Crippen LogP contribution >= 0.6 is 0 Å². The van der Waals surface area contributed by atoms with Gasteiger partial charge in [-0.15, -0.1) is 0 Å². The van der Waals surface area contributed by atoms with Crippen LogP contribution < -0.4 is 11.1 Å². The molecule has 90 valence electrons. The van der Waals surface area contributed by atoms with Gasteiger partial charge in [0.15, 0.2) is 5.82 Å². The second kappa shape index (κ2) is 4.72. The number of hydrogen-bond acceptors (Lipinski definition) is 4. The zero-order valence-electron chi connectivity index (χ0n) is 9.74. The highest BCUT2D eigenvalue weighted by atomic mass is 19.1. The number of halogens is 1. The number of pyridine rings is 1. The van der Waals surface area contributed by atoms with Crippen LogP contribution in [0.25, 0.3) is 0 Å². The van der Waals surface area contributed by atoms with Crippen LogP contribution in [0.3, 0.4) is 0 Å². The predicted octanol–water partition coefficient (Wildman–Crippen LogP) is 2.73. The first-order valence-electron chi connectivity index (χ1n) is 5.30. The highest BCUT2D eigenvalue weighted by Crippen LogP contribution is 2.22. The predicted molar refractivity (Wildman–Crippen MR) is 67.8 cm³/mol. The van der Waals surface area contributed by atoms with E-state index in [2.05, 4.69) is 10.3 Å². The maximum atomic E-state index is 13.2. The summed E-state index contributed by atoms with van der Waals surface area (Å²) in [5.74, 6) is -0.0567. The van der Waals surface area contributed by atoms with Crippen molar-refractivity contribution in [3.63, 3.8) is 0 Å². The molecule has 0 saturated heterocycles. The number of nitrogens with one attached hydrogen (secondary N) is 1. The van der Waals surface area contributed by atoms with Crippen molar-refractivity contribution in [1.29, 1.82) is 5.26 Å². The lowest BCUT2D eigenvalue weighted by Crippen LogP contribution is -2.00. The van der Waals surface area contributed by atoms with E-state index < -0.39 is 5.82 Å². The molecule has 3 N–H and O–H groups in total. The minimum Gasteiger partial charge on any atom is -0.396 e. The quantitative estimate of drug-likeness (QED) is 0.849. The van der Waals surface area contributed by atoms with E-state index in [1.165, 1.54) is 18.2 Å². The van der Waals surface area contributed by atoms with Crippen LogP contribution in [-0.4, -0.2) is 4.98 Å². The lowest BCUT2D eigenvalue weighted by Gasteiger charge is -2.09. The number of hydrogen-bond donors (Lipinski definition) is 2. The normalized spacial score (nSPS) is 9.83. The van der Waals surface area contributed by atoms with E-state index in [0.717, 1.165) is 5.69 Å². The summed E-state index contributed by atoms with van der Waals surface area (Å²) in [4.78, 5) is 4.23. The first-order chi connectivity index (χ1) is 8.60. The van der Waals surface area contributed by atoms with Gasteiger partial charge in [-0.1, -0.05) is 0 Å². The molecule has 1 aromatic heterocycles. The largest absolute Gasteiger partial charge is 0.396 e.